The van der Waals surface area contributed by atoms with Crippen molar-refractivity contribution in [3.63, 3.8) is 0 Å². The van der Waals surface area contributed by atoms with E-state index in [1.807, 2.05) is 0 Å². The lowest BCUT2D eigenvalue weighted by Gasteiger charge is -2.09. The minimum absolute atomic E-state index is 0.444. The SMILES string of the molecule is Cc1ccc2[nH]nc(C3CC3c3cc(C)c(C)c4c(N)n[nH]c34)c2c1C. The molecule has 1 aliphatic carbocycles. The Balaban J connectivity index is 1.63. The number of rotatable bonds is 2. The number of nitrogens with zero attached hydrogens (tertiary/aromatic N) is 2. The average molecular weight is 345 g/mol. The quantitative estimate of drug-likeness (QED) is 0.499. The number of benzene rings is 2. The van der Waals surface area contributed by atoms with E-state index in [0.717, 1.165) is 22.8 Å². The van der Waals surface area contributed by atoms with E-state index in [9.17, 15) is 0 Å². The van der Waals surface area contributed by atoms with E-state index in [-0.39, 0.29) is 0 Å². The molecule has 0 aliphatic heterocycles. The molecule has 5 rings (SSSR count). The van der Waals surface area contributed by atoms with Gasteiger partial charge in [0.15, 0.2) is 5.82 Å². The largest absolute Gasteiger partial charge is 0.382 e. The molecule has 0 amide bonds. The van der Waals surface area contributed by atoms with E-state index in [0.29, 0.717) is 17.7 Å². The lowest BCUT2D eigenvalue weighted by Crippen LogP contribution is -1.94. The number of nitrogen functional groups attached to an aromatic ring is 1. The summed E-state index contributed by atoms with van der Waals surface area (Å²) in [5, 5.41) is 17.7. The highest BCUT2D eigenvalue weighted by molar-refractivity contribution is 5.95. The van der Waals surface area contributed by atoms with Gasteiger partial charge in [-0.25, -0.2) is 0 Å². The minimum Gasteiger partial charge on any atom is -0.382 e. The Bertz CT molecular complexity index is 1180. The van der Waals surface area contributed by atoms with Crippen molar-refractivity contribution in [1.29, 1.82) is 0 Å². The predicted octanol–water partition coefficient (Wildman–Crippen LogP) is 4.53. The zero-order valence-electron chi connectivity index (χ0n) is 15.6. The Morgan fingerprint density at radius 2 is 1.69 bits per heavy atom. The van der Waals surface area contributed by atoms with Crippen LogP contribution in [-0.2, 0) is 0 Å². The highest BCUT2D eigenvalue weighted by atomic mass is 15.2. The van der Waals surface area contributed by atoms with Gasteiger partial charge in [0.2, 0.25) is 0 Å². The van der Waals surface area contributed by atoms with Crippen LogP contribution in [0.2, 0.25) is 0 Å². The number of hydrogen-bond acceptors (Lipinski definition) is 3. The molecule has 1 saturated carbocycles. The summed E-state index contributed by atoms with van der Waals surface area (Å²) in [6, 6.07) is 6.59. The summed E-state index contributed by atoms with van der Waals surface area (Å²) >= 11 is 0. The van der Waals surface area contributed by atoms with Crippen LogP contribution in [-0.4, -0.2) is 20.4 Å². The van der Waals surface area contributed by atoms with Gasteiger partial charge in [0, 0.05) is 16.7 Å². The van der Waals surface area contributed by atoms with Crippen LogP contribution in [0.5, 0.6) is 0 Å². The van der Waals surface area contributed by atoms with Gasteiger partial charge in [-0.2, -0.15) is 10.2 Å². The molecule has 0 saturated heterocycles. The first-order valence-corrected chi connectivity index (χ1v) is 9.15. The Labute approximate surface area is 152 Å². The molecule has 2 atom stereocenters. The van der Waals surface area contributed by atoms with E-state index in [1.165, 1.54) is 38.9 Å². The van der Waals surface area contributed by atoms with Gasteiger partial charge in [0.05, 0.1) is 16.7 Å². The van der Waals surface area contributed by atoms with Crippen molar-refractivity contribution in [3.8, 4) is 0 Å². The number of hydrogen-bond donors (Lipinski definition) is 3. The number of fused-ring (bicyclic) bond motifs is 2. The van der Waals surface area contributed by atoms with E-state index in [1.54, 1.807) is 0 Å². The molecular weight excluding hydrogens is 322 g/mol. The van der Waals surface area contributed by atoms with Gasteiger partial charge < -0.3 is 5.73 Å². The van der Waals surface area contributed by atoms with Crippen LogP contribution in [0.1, 0.15) is 51.8 Å². The fraction of sp³-hybridized carbons (Fsp3) is 0.333. The maximum absolute atomic E-state index is 6.12. The zero-order chi connectivity index (χ0) is 18.2. The van der Waals surface area contributed by atoms with Gasteiger partial charge in [-0.1, -0.05) is 12.1 Å². The van der Waals surface area contributed by atoms with Crippen molar-refractivity contribution in [2.75, 3.05) is 5.73 Å². The van der Waals surface area contributed by atoms with Crippen molar-refractivity contribution in [3.05, 3.63) is 51.7 Å². The standard InChI is InChI=1S/C21H23N5/c1-9-5-6-16-17(11(9)3)19(24-23-16)15-8-13(15)14-7-10(2)12(4)18-20(14)25-26-21(18)22/h5-7,13,15H,8H2,1-4H3,(H,23,24)(H3,22,25,26). The number of aromatic nitrogens is 4. The van der Waals surface area contributed by atoms with Gasteiger partial charge in [0.1, 0.15) is 0 Å². The van der Waals surface area contributed by atoms with Gasteiger partial charge in [-0.3, -0.25) is 10.2 Å². The highest BCUT2D eigenvalue weighted by Gasteiger charge is 2.43. The second-order valence-electron chi connectivity index (χ2n) is 7.75. The van der Waals surface area contributed by atoms with Crippen molar-refractivity contribution in [2.24, 2.45) is 0 Å². The monoisotopic (exact) mass is 345 g/mol. The molecule has 0 bridgehead atoms. The molecule has 2 aromatic heterocycles. The van der Waals surface area contributed by atoms with E-state index < -0.39 is 0 Å². The lowest BCUT2D eigenvalue weighted by atomic mass is 9.96. The van der Waals surface area contributed by atoms with Gasteiger partial charge in [-0.05, 0) is 73.9 Å². The first kappa shape index (κ1) is 15.4. The number of anilines is 1. The number of aromatic amines is 2. The minimum atomic E-state index is 0.444. The summed E-state index contributed by atoms with van der Waals surface area (Å²) in [6.45, 7) is 8.62. The molecule has 0 spiro atoms. The van der Waals surface area contributed by atoms with Crippen LogP contribution < -0.4 is 5.73 Å². The summed E-state index contributed by atoms with van der Waals surface area (Å²) in [6.07, 6.45) is 1.11. The van der Waals surface area contributed by atoms with E-state index >= 15 is 0 Å². The van der Waals surface area contributed by atoms with Crippen LogP contribution >= 0.6 is 0 Å². The summed E-state index contributed by atoms with van der Waals surface area (Å²) in [4.78, 5) is 0. The molecule has 26 heavy (non-hydrogen) atoms. The average Bonchev–Trinajstić information content (AvgIpc) is 3.12. The molecule has 0 radical (unpaired) electrons. The Kier molecular flexibility index (Phi) is 3.03. The van der Waals surface area contributed by atoms with Crippen LogP contribution in [0.3, 0.4) is 0 Å². The Morgan fingerprint density at radius 1 is 0.923 bits per heavy atom. The number of nitrogens with two attached hydrogens (primary N) is 1. The van der Waals surface area contributed by atoms with Crippen LogP contribution in [0.25, 0.3) is 21.8 Å². The normalized spacial score (nSPS) is 19.5. The lowest BCUT2D eigenvalue weighted by molar-refractivity contribution is 0.941. The first-order chi connectivity index (χ1) is 12.5. The summed E-state index contributed by atoms with van der Waals surface area (Å²) < 4.78 is 0. The molecule has 5 heteroatoms. The van der Waals surface area contributed by atoms with Crippen LogP contribution in [0.4, 0.5) is 5.82 Å². The molecule has 1 fully saturated rings. The van der Waals surface area contributed by atoms with Crippen molar-refractivity contribution in [2.45, 2.75) is 46.0 Å². The molecule has 2 heterocycles. The second kappa shape index (κ2) is 5.10. The number of aryl methyl sites for hydroxylation is 4. The summed E-state index contributed by atoms with van der Waals surface area (Å²) in [5.41, 5.74) is 16.0. The number of H-pyrrole nitrogens is 2. The van der Waals surface area contributed by atoms with Crippen LogP contribution in [0.15, 0.2) is 18.2 Å². The van der Waals surface area contributed by atoms with Gasteiger partial charge in [-0.15, -0.1) is 0 Å². The maximum atomic E-state index is 6.12. The fourth-order valence-corrected chi connectivity index (χ4v) is 4.37. The highest BCUT2D eigenvalue weighted by Crippen LogP contribution is 2.57. The summed E-state index contributed by atoms with van der Waals surface area (Å²) in [5.74, 6) is 1.50. The fourth-order valence-electron chi connectivity index (χ4n) is 4.37. The molecule has 2 unspecified atom stereocenters. The Morgan fingerprint density at radius 3 is 2.50 bits per heavy atom. The zero-order valence-corrected chi connectivity index (χ0v) is 15.6. The molecule has 132 valence electrons. The molecular formula is C21H23N5. The van der Waals surface area contributed by atoms with E-state index in [4.69, 9.17) is 5.73 Å². The molecule has 4 aromatic rings. The smallest absolute Gasteiger partial charge is 0.153 e. The molecule has 5 nitrogen and oxygen atoms in total. The second-order valence-corrected chi connectivity index (χ2v) is 7.75. The molecule has 1 aliphatic rings. The van der Waals surface area contributed by atoms with Gasteiger partial charge >= 0.3 is 0 Å². The first-order valence-electron chi connectivity index (χ1n) is 9.15. The number of nitrogens with one attached hydrogen (secondary N) is 2. The van der Waals surface area contributed by atoms with Crippen molar-refractivity contribution < 1.29 is 0 Å². The summed E-state index contributed by atoms with van der Waals surface area (Å²) in [7, 11) is 0. The Hall–Kier alpha value is -2.82. The topological polar surface area (TPSA) is 83.4 Å². The van der Waals surface area contributed by atoms with Gasteiger partial charge in [0.25, 0.3) is 0 Å². The molecule has 4 N–H and O–H groups in total. The van der Waals surface area contributed by atoms with Crippen LogP contribution in [0, 0.1) is 27.7 Å². The van der Waals surface area contributed by atoms with Crippen molar-refractivity contribution in [1.82, 2.24) is 20.4 Å². The predicted molar refractivity (Wildman–Crippen MR) is 106 cm³/mol. The third-order valence-corrected chi connectivity index (χ3v) is 6.25. The maximum Gasteiger partial charge on any atom is 0.153 e. The molecule has 2 aromatic carbocycles. The third-order valence-electron chi connectivity index (χ3n) is 6.25. The van der Waals surface area contributed by atoms with Crippen molar-refractivity contribution >= 4 is 27.6 Å². The van der Waals surface area contributed by atoms with E-state index in [2.05, 4.69) is 66.3 Å². The third kappa shape index (κ3) is 1.97.